The Morgan fingerprint density at radius 2 is 2.13 bits per heavy atom. The van der Waals surface area contributed by atoms with Gasteiger partial charge in [-0.05, 0) is 22.4 Å². The maximum atomic E-state index is 11.4. The highest BCUT2D eigenvalue weighted by molar-refractivity contribution is 5.96. The molecule has 1 heterocycles. The molecule has 15 heavy (non-hydrogen) atoms. The first-order valence-electron chi connectivity index (χ1n) is 4.32. The number of carbonyl (C=O) groups is 1. The van der Waals surface area contributed by atoms with Gasteiger partial charge >= 0.3 is 5.82 Å². The van der Waals surface area contributed by atoms with E-state index in [2.05, 4.69) is 10.3 Å². The highest BCUT2D eigenvalue weighted by Gasteiger charge is 2.19. The second kappa shape index (κ2) is 4.04. The zero-order valence-corrected chi connectivity index (χ0v) is 8.70. The largest absolute Gasteiger partial charge is 0.363 e. The fourth-order valence-electron chi connectivity index (χ4n) is 1.37. The molecule has 0 spiro atoms. The van der Waals surface area contributed by atoms with Crippen molar-refractivity contribution in [2.75, 3.05) is 7.05 Å². The normalized spacial score (nSPS) is 9.80. The Hall–Kier alpha value is -1.98. The van der Waals surface area contributed by atoms with Crippen LogP contribution in [0.4, 0.5) is 5.82 Å². The van der Waals surface area contributed by atoms with Gasteiger partial charge in [0.1, 0.15) is 0 Å². The van der Waals surface area contributed by atoms with Gasteiger partial charge < -0.3 is 15.4 Å². The second-order valence-corrected chi connectivity index (χ2v) is 3.09. The van der Waals surface area contributed by atoms with Gasteiger partial charge in [0, 0.05) is 20.0 Å². The van der Waals surface area contributed by atoms with E-state index in [1.807, 2.05) is 0 Å². The number of nitrogens with one attached hydrogen (secondary N) is 1. The van der Waals surface area contributed by atoms with Crippen molar-refractivity contribution in [3.05, 3.63) is 33.0 Å². The van der Waals surface area contributed by atoms with Crippen molar-refractivity contribution in [2.24, 2.45) is 0 Å². The summed E-state index contributed by atoms with van der Waals surface area (Å²) in [5, 5.41) is 13.0. The van der Waals surface area contributed by atoms with E-state index in [9.17, 15) is 14.9 Å². The van der Waals surface area contributed by atoms with E-state index in [-0.39, 0.29) is 11.7 Å². The SMILES string of the molecule is CNC(=O)c1c(C)cc([N+](=O)[O-])nc1C. The van der Waals surface area contributed by atoms with Crippen molar-refractivity contribution in [3.8, 4) is 0 Å². The number of pyridine rings is 1. The molecular weight excluding hydrogens is 198 g/mol. The molecule has 0 saturated heterocycles. The predicted molar refractivity (Wildman–Crippen MR) is 53.8 cm³/mol. The summed E-state index contributed by atoms with van der Waals surface area (Å²) >= 11 is 0. The number of rotatable bonds is 2. The molecule has 0 aromatic carbocycles. The van der Waals surface area contributed by atoms with Crippen LogP contribution in [0.2, 0.25) is 0 Å². The number of nitro groups is 1. The minimum absolute atomic E-state index is 0.238. The second-order valence-electron chi connectivity index (χ2n) is 3.09. The van der Waals surface area contributed by atoms with Crippen LogP contribution in [0.3, 0.4) is 0 Å². The van der Waals surface area contributed by atoms with Crippen molar-refractivity contribution in [1.82, 2.24) is 10.3 Å². The minimum atomic E-state index is -0.576. The topological polar surface area (TPSA) is 85.1 Å². The Labute approximate surface area is 86.5 Å². The molecule has 0 unspecified atom stereocenters. The summed E-state index contributed by atoms with van der Waals surface area (Å²) in [5.41, 5.74) is 1.30. The van der Waals surface area contributed by atoms with Crippen LogP contribution in [0.15, 0.2) is 6.07 Å². The number of amides is 1. The molecule has 0 fully saturated rings. The fraction of sp³-hybridized carbons (Fsp3) is 0.333. The maximum absolute atomic E-state index is 11.4. The van der Waals surface area contributed by atoms with Gasteiger partial charge in [-0.1, -0.05) is 0 Å². The van der Waals surface area contributed by atoms with E-state index in [1.54, 1.807) is 13.8 Å². The van der Waals surface area contributed by atoms with Crippen molar-refractivity contribution < 1.29 is 9.72 Å². The first-order valence-corrected chi connectivity index (χ1v) is 4.32. The number of aryl methyl sites for hydroxylation is 2. The summed E-state index contributed by atoms with van der Waals surface area (Å²) in [6.07, 6.45) is 0. The lowest BCUT2D eigenvalue weighted by molar-refractivity contribution is -0.389. The van der Waals surface area contributed by atoms with Crippen LogP contribution in [-0.2, 0) is 0 Å². The summed E-state index contributed by atoms with van der Waals surface area (Å²) in [5.74, 6) is -0.523. The molecule has 1 N–H and O–H groups in total. The van der Waals surface area contributed by atoms with Gasteiger partial charge in [0.15, 0.2) is 5.69 Å². The van der Waals surface area contributed by atoms with Crippen LogP contribution in [0.1, 0.15) is 21.6 Å². The van der Waals surface area contributed by atoms with E-state index >= 15 is 0 Å². The number of hydrogen-bond donors (Lipinski definition) is 1. The zero-order chi connectivity index (χ0) is 11.6. The summed E-state index contributed by atoms with van der Waals surface area (Å²) in [4.78, 5) is 25.1. The standard InChI is InChI=1S/C9H11N3O3/c1-5-4-7(12(14)15)11-6(2)8(5)9(13)10-3/h4H,1-3H3,(H,10,13). The molecule has 6 nitrogen and oxygen atoms in total. The van der Waals surface area contributed by atoms with Crippen LogP contribution in [0.5, 0.6) is 0 Å². The van der Waals surface area contributed by atoms with Crippen LogP contribution in [0.25, 0.3) is 0 Å². The van der Waals surface area contributed by atoms with Crippen LogP contribution in [0, 0.1) is 24.0 Å². The molecule has 0 radical (unpaired) electrons. The third kappa shape index (κ3) is 2.09. The molecule has 0 aliphatic rings. The van der Waals surface area contributed by atoms with Crippen LogP contribution in [-0.4, -0.2) is 22.9 Å². The monoisotopic (exact) mass is 209 g/mol. The summed E-state index contributed by atoms with van der Waals surface area (Å²) in [7, 11) is 1.50. The molecule has 0 bridgehead atoms. The predicted octanol–water partition coefficient (Wildman–Crippen LogP) is 0.966. The van der Waals surface area contributed by atoms with Gasteiger partial charge in [-0.15, -0.1) is 0 Å². The minimum Gasteiger partial charge on any atom is -0.358 e. The average Bonchev–Trinajstić information content (AvgIpc) is 2.16. The molecule has 6 heteroatoms. The Bertz CT molecular complexity index is 406. The highest BCUT2D eigenvalue weighted by atomic mass is 16.6. The van der Waals surface area contributed by atoms with Crippen molar-refractivity contribution in [3.63, 3.8) is 0 Å². The fourth-order valence-corrected chi connectivity index (χ4v) is 1.37. The summed E-state index contributed by atoms with van der Waals surface area (Å²) < 4.78 is 0. The Balaban J connectivity index is 3.33. The van der Waals surface area contributed by atoms with Gasteiger partial charge in [0.2, 0.25) is 0 Å². The van der Waals surface area contributed by atoms with E-state index in [0.717, 1.165) is 0 Å². The maximum Gasteiger partial charge on any atom is 0.363 e. The smallest absolute Gasteiger partial charge is 0.358 e. The Morgan fingerprint density at radius 1 is 1.53 bits per heavy atom. The lowest BCUT2D eigenvalue weighted by Crippen LogP contribution is -2.21. The van der Waals surface area contributed by atoms with Crippen molar-refractivity contribution in [2.45, 2.75) is 13.8 Å². The quantitative estimate of drug-likeness (QED) is 0.580. The summed E-state index contributed by atoms with van der Waals surface area (Å²) in [6, 6.07) is 1.29. The molecule has 0 aliphatic carbocycles. The number of nitrogens with zero attached hydrogens (tertiary/aromatic N) is 2. The van der Waals surface area contributed by atoms with E-state index in [4.69, 9.17) is 0 Å². The molecule has 1 aromatic rings. The van der Waals surface area contributed by atoms with Gasteiger partial charge in [-0.2, -0.15) is 0 Å². The first kappa shape index (κ1) is 11.1. The van der Waals surface area contributed by atoms with Crippen molar-refractivity contribution >= 4 is 11.7 Å². The number of hydrogen-bond acceptors (Lipinski definition) is 4. The van der Waals surface area contributed by atoms with E-state index in [1.165, 1.54) is 13.1 Å². The zero-order valence-electron chi connectivity index (χ0n) is 8.70. The molecule has 0 saturated carbocycles. The van der Waals surface area contributed by atoms with Gasteiger partial charge in [-0.25, -0.2) is 0 Å². The Morgan fingerprint density at radius 3 is 2.53 bits per heavy atom. The first-order chi connectivity index (χ1) is 6.97. The third-order valence-electron chi connectivity index (χ3n) is 2.03. The van der Waals surface area contributed by atoms with E-state index in [0.29, 0.717) is 16.8 Å². The Kier molecular flexibility index (Phi) is 2.99. The van der Waals surface area contributed by atoms with Gasteiger partial charge in [0.05, 0.1) is 5.56 Å². The van der Waals surface area contributed by atoms with Crippen LogP contribution < -0.4 is 5.32 Å². The molecule has 0 atom stereocenters. The van der Waals surface area contributed by atoms with Gasteiger partial charge in [0.25, 0.3) is 5.91 Å². The lowest BCUT2D eigenvalue weighted by atomic mass is 10.1. The molecular formula is C9H11N3O3. The van der Waals surface area contributed by atoms with Crippen molar-refractivity contribution in [1.29, 1.82) is 0 Å². The highest BCUT2D eigenvalue weighted by Crippen LogP contribution is 2.17. The van der Waals surface area contributed by atoms with Crippen LogP contribution >= 0.6 is 0 Å². The molecule has 0 aliphatic heterocycles. The third-order valence-corrected chi connectivity index (χ3v) is 2.03. The lowest BCUT2D eigenvalue weighted by Gasteiger charge is -2.04. The number of aromatic nitrogens is 1. The molecule has 1 rings (SSSR count). The molecule has 1 amide bonds. The molecule has 1 aromatic heterocycles. The van der Waals surface area contributed by atoms with Gasteiger partial charge in [-0.3, -0.25) is 4.79 Å². The average molecular weight is 209 g/mol. The number of carbonyl (C=O) groups excluding carboxylic acids is 1. The summed E-state index contributed by atoms with van der Waals surface area (Å²) in [6.45, 7) is 3.22. The molecule has 80 valence electrons. The van der Waals surface area contributed by atoms with E-state index < -0.39 is 4.92 Å².